The molecule has 1 rings (SSSR count). The molecule has 0 saturated heterocycles. The number of hydrogen-bond acceptors (Lipinski definition) is 0. The molecule has 0 N–H and O–H groups in total. The summed E-state index contributed by atoms with van der Waals surface area (Å²) in [6.45, 7) is 4.20. The molecule has 0 atom stereocenters. The van der Waals surface area contributed by atoms with Gasteiger partial charge in [-0.1, -0.05) is 49.3 Å². The maximum absolute atomic E-state index is 6.01. The lowest BCUT2D eigenvalue weighted by molar-refractivity contribution is 0.737. The third kappa shape index (κ3) is 4.40. The van der Waals surface area contributed by atoms with Gasteiger partial charge in [0.15, 0.2) is 0 Å². The van der Waals surface area contributed by atoms with Crippen molar-refractivity contribution >= 4 is 11.6 Å². The van der Waals surface area contributed by atoms with Crippen LogP contribution in [0.25, 0.3) is 0 Å². The maximum atomic E-state index is 6.01. The SMILES string of the molecule is CCCCCC#Cc1ccc(C)c(Cl)c1. The zero-order chi connectivity index (χ0) is 11.1. The van der Waals surface area contributed by atoms with Gasteiger partial charge in [-0.25, -0.2) is 0 Å². The Morgan fingerprint density at radius 1 is 1.27 bits per heavy atom. The highest BCUT2D eigenvalue weighted by Crippen LogP contribution is 2.15. The topological polar surface area (TPSA) is 0 Å². The highest BCUT2D eigenvalue weighted by molar-refractivity contribution is 6.31. The highest BCUT2D eigenvalue weighted by Gasteiger charge is 1.94. The first-order valence-electron chi connectivity index (χ1n) is 5.49. The Kier molecular flexibility index (Phi) is 5.29. The largest absolute Gasteiger partial charge is 0.0979 e. The molecule has 80 valence electrons. The van der Waals surface area contributed by atoms with Crippen LogP contribution in [0.4, 0.5) is 0 Å². The number of halogens is 1. The zero-order valence-corrected chi connectivity index (χ0v) is 10.2. The van der Waals surface area contributed by atoms with E-state index in [-0.39, 0.29) is 0 Å². The number of benzene rings is 1. The molecule has 0 nitrogen and oxygen atoms in total. The molecule has 0 amide bonds. The second-order valence-electron chi connectivity index (χ2n) is 3.72. The molecule has 0 heterocycles. The summed E-state index contributed by atoms with van der Waals surface area (Å²) in [4.78, 5) is 0. The van der Waals surface area contributed by atoms with Gasteiger partial charge in [0, 0.05) is 17.0 Å². The van der Waals surface area contributed by atoms with Crippen molar-refractivity contribution in [2.24, 2.45) is 0 Å². The van der Waals surface area contributed by atoms with Crippen LogP contribution in [-0.2, 0) is 0 Å². The summed E-state index contributed by atoms with van der Waals surface area (Å²) in [6.07, 6.45) is 4.70. The Morgan fingerprint density at radius 2 is 2.07 bits per heavy atom. The second-order valence-corrected chi connectivity index (χ2v) is 4.13. The van der Waals surface area contributed by atoms with Gasteiger partial charge in [0.05, 0.1) is 0 Å². The lowest BCUT2D eigenvalue weighted by Crippen LogP contribution is -1.78. The second kappa shape index (κ2) is 6.53. The van der Waals surface area contributed by atoms with E-state index in [0.717, 1.165) is 22.6 Å². The molecule has 0 aliphatic rings. The van der Waals surface area contributed by atoms with E-state index in [9.17, 15) is 0 Å². The first-order valence-corrected chi connectivity index (χ1v) is 5.87. The first-order chi connectivity index (χ1) is 7.24. The van der Waals surface area contributed by atoms with Crippen LogP contribution in [-0.4, -0.2) is 0 Å². The van der Waals surface area contributed by atoms with Gasteiger partial charge >= 0.3 is 0 Å². The monoisotopic (exact) mass is 220 g/mol. The van der Waals surface area contributed by atoms with Crippen LogP contribution in [0.1, 0.15) is 43.7 Å². The predicted molar refractivity (Wildman–Crippen MR) is 67.2 cm³/mol. The quantitative estimate of drug-likeness (QED) is 0.517. The summed E-state index contributed by atoms with van der Waals surface area (Å²) in [5.74, 6) is 6.31. The molecule has 0 fully saturated rings. The van der Waals surface area contributed by atoms with Crippen molar-refractivity contribution in [3.63, 3.8) is 0 Å². The number of unbranched alkanes of at least 4 members (excludes halogenated alkanes) is 3. The minimum Gasteiger partial charge on any atom is -0.0979 e. The standard InChI is InChI=1S/C14H17Cl/c1-3-4-5-6-7-8-13-10-9-12(2)14(15)11-13/h9-11H,3-6H2,1-2H3. The third-order valence-electron chi connectivity index (χ3n) is 2.31. The lowest BCUT2D eigenvalue weighted by Gasteiger charge is -1.96. The van der Waals surface area contributed by atoms with Gasteiger partial charge in [0.2, 0.25) is 0 Å². The highest BCUT2D eigenvalue weighted by atomic mass is 35.5. The summed E-state index contributed by atoms with van der Waals surface area (Å²) in [7, 11) is 0. The van der Waals surface area contributed by atoms with E-state index < -0.39 is 0 Å². The Hall–Kier alpha value is -0.930. The van der Waals surface area contributed by atoms with Crippen molar-refractivity contribution in [1.82, 2.24) is 0 Å². The molecule has 1 aromatic rings. The van der Waals surface area contributed by atoms with Crippen LogP contribution >= 0.6 is 11.6 Å². The van der Waals surface area contributed by atoms with Crippen LogP contribution in [0.2, 0.25) is 5.02 Å². The lowest BCUT2D eigenvalue weighted by atomic mass is 10.1. The predicted octanol–water partition coefficient (Wildman–Crippen LogP) is 4.58. The van der Waals surface area contributed by atoms with Crippen molar-refractivity contribution in [1.29, 1.82) is 0 Å². The molecule has 0 aromatic heterocycles. The van der Waals surface area contributed by atoms with Crippen LogP contribution < -0.4 is 0 Å². The molecular weight excluding hydrogens is 204 g/mol. The Balaban J connectivity index is 2.53. The smallest absolute Gasteiger partial charge is 0.0447 e. The molecule has 1 heteroatoms. The molecule has 0 aliphatic heterocycles. The van der Waals surface area contributed by atoms with Gasteiger partial charge in [-0.3, -0.25) is 0 Å². The zero-order valence-electron chi connectivity index (χ0n) is 9.44. The van der Waals surface area contributed by atoms with Gasteiger partial charge in [-0.05, 0) is 31.0 Å². The molecule has 0 aliphatic carbocycles. The molecule has 1 aromatic carbocycles. The van der Waals surface area contributed by atoms with Crippen molar-refractivity contribution < 1.29 is 0 Å². The van der Waals surface area contributed by atoms with E-state index in [4.69, 9.17) is 11.6 Å². The fraction of sp³-hybridized carbons (Fsp3) is 0.429. The van der Waals surface area contributed by atoms with Crippen molar-refractivity contribution in [2.75, 3.05) is 0 Å². The van der Waals surface area contributed by atoms with Gasteiger partial charge in [0.25, 0.3) is 0 Å². The van der Waals surface area contributed by atoms with Gasteiger partial charge < -0.3 is 0 Å². The number of aryl methyl sites for hydroxylation is 1. The summed E-state index contributed by atoms with van der Waals surface area (Å²) in [5.41, 5.74) is 2.12. The van der Waals surface area contributed by atoms with Gasteiger partial charge in [0.1, 0.15) is 0 Å². The first kappa shape index (κ1) is 12.1. The maximum Gasteiger partial charge on any atom is 0.0447 e. The van der Waals surface area contributed by atoms with Crippen LogP contribution in [0.15, 0.2) is 18.2 Å². The summed E-state index contributed by atoms with van der Waals surface area (Å²) in [5, 5.41) is 0.801. The number of rotatable bonds is 3. The van der Waals surface area contributed by atoms with E-state index in [0.29, 0.717) is 0 Å². The van der Waals surface area contributed by atoms with E-state index >= 15 is 0 Å². The molecule has 0 unspecified atom stereocenters. The summed E-state index contributed by atoms with van der Waals surface area (Å²) < 4.78 is 0. The molecule has 15 heavy (non-hydrogen) atoms. The van der Waals surface area contributed by atoms with E-state index in [1.54, 1.807) is 0 Å². The fourth-order valence-corrected chi connectivity index (χ4v) is 1.48. The van der Waals surface area contributed by atoms with Crippen molar-refractivity contribution in [3.05, 3.63) is 34.3 Å². The summed E-state index contributed by atoms with van der Waals surface area (Å²) in [6, 6.07) is 5.97. The number of hydrogen-bond donors (Lipinski definition) is 0. The Labute approximate surface area is 97.7 Å². The van der Waals surface area contributed by atoms with Crippen molar-refractivity contribution in [3.8, 4) is 11.8 Å². The van der Waals surface area contributed by atoms with Crippen LogP contribution in [0.3, 0.4) is 0 Å². The normalized spacial score (nSPS) is 9.53. The van der Waals surface area contributed by atoms with E-state index in [1.807, 2.05) is 25.1 Å². The van der Waals surface area contributed by atoms with Crippen LogP contribution in [0.5, 0.6) is 0 Å². The van der Waals surface area contributed by atoms with Gasteiger partial charge in [-0.2, -0.15) is 0 Å². The molecular formula is C14H17Cl. The molecule has 0 saturated carbocycles. The minimum atomic E-state index is 0.801. The summed E-state index contributed by atoms with van der Waals surface area (Å²) >= 11 is 6.01. The van der Waals surface area contributed by atoms with Gasteiger partial charge in [-0.15, -0.1) is 0 Å². The van der Waals surface area contributed by atoms with E-state index in [1.165, 1.54) is 19.3 Å². The molecule has 0 spiro atoms. The Bertz CT molecular complexity index is 369. The Morgan fingerprint density at radius 3 is 2.73 bits per heavy atom. The van der Waals surface area contributed by atoms with Crippen molar-refractivity contribution in [2.45, 2.75) is 39.5 Å². The average molecular weight is 221 g/mol. The molecule has 0 radical (unpaired) electrons. The fourth-order valence-electron chi connectivity index (χ4n) is 1.30. The van der Waals surface area contributed by atoms with E-state index in [2.05, 4.69) is 18.8 Å². The average Bonchev–Trinajstić information content (AvgIpc) is 2.23. The third-order valence-corrected chi connectivity index (χ3v) is 2.72. The minimum absolute atomic E-state index is 0.801. The molecule has 0 bridgehead atoms. The van der Waals surface area contributed by atoms with Crippen LogP contribution in [0, 0.1) is 18.8 Å².